The number of aromatic nitrogens is 2. The molecule has 2 saturated heterocycles. The summed E-state index contributed by atoms with van der Waals surface area (Å²) in [5.41, 5.74) is 2.04. The Morgan fingerprint density at radius 3 is 2.56 bits per heavy atom. The van der Waals surface area contributed by atoms with E-state index in [1.165, 1.54) is 12.8 Å². The molecule has 0 aliphatic carbocycles. The van der Waals surface area contributed by atoms with Crippen molar-refractivity contribution < 1.29 is 9.84 Å². The topological polar surface area (TPSA) is 104 Å². The molecular formula is C19H20N6O2. The lowest BCUT2D eigenvalue weighted by Crippen LogP contribution is -2.42. The Labute approximate surface area is 156 Å². The molecule has 27 heavy (non-hydrogen) atoms. The molecule has 0 amide bonds. The normalized spacial score (nSPS) is 28.6. The van der Waals surface area contributed by atoms with Gasteiger partial charge in [0.05, 0.1) is 11.9 Å². The fraction of sp³-hybridized carbons (Fsp3) is 0.421. The second-order valence-electron chi connectivity index (χ2n) is 7.30. The number of benzene rings is 1. The molecule has 2 N–H and O–H groups in total. The molecule has 3 aliphatic heterocycles. The van der Waals surface area contributed by atoms with Gasteiger partial charge in [-0.05, 0) is 54.7 Å². The average molecular weight is 364 g/mol. The van der Waals surface area contributed by atoms with Gasteiger partial charge in [0.25, 0.3) is 0 Å². The van der Waals surface area contributed by atoms with Crippen LogP contribution in [0.2, 0.25) is 0 Å². The maximum atomic E-state index is 10.4. The monoisotopic (exact) mass is 364 g/mol. The van der Waals surface area contributed by atoms with Gasteiger partial charge in [-0.1, -0.05) is 6.07 Å². The van der Waals surface area contributed by atoms with Gasteiger partial charge in [0.15, 0.2) is 0 Å². The number of fused-ring (bicyclic) bond motifs is 2. The molecule has 8 nitrogen and oxygen atoms in total. The molecule has 1 aromatic carbocycles. The molecule has 3 aliphatic rings. The molecule has 2 bridgehead atoms. The number of hydrogen-bond donors (Lipinski definition) is 2. The van der Waals surface area contributed by atoms with E-state index >= 15 is 0 Å². The van der Waals surface area contributed by atoms with Crippen LogP contribution in [0.4, 0.5) is 0 Å². The van der Waals surface area contributed by atoms with Crippen molar-refractivity contribution in [2.75, 3.05) is 0 Å². The van der Waals surface area contributed by atoms with Gasteiger partial charge in [-0.2, -0.15) is 5.11 Å². The summed E-state index contributed by atoms with van der Waals surface area (Å²) in [6.07, 6.45) is 6.33. The molecule has 8 heteroatoms. The van der Waals surface area contributed by atoms with Crippen LogP contribution < -0.4 is 10.1 Å². The molecule has 138 valence electrons. The van der Waals surface area contributed by atoms with Gasteiger partial charge in [-0.25, -0.2) is 0 Å². The van der Waals surface area contributed by atoms with Gasteiger partial charge in [0.2, 0.25) is 5.88 Å². The van der Waals surface area contributed by atoms with Crippen molar-refractivity contribution in [2.45, 2.75) is 49.9 Å². The number of rotatable bonds is 4. The number of phenols is 1. The van der Waals surface area contributed by atoms with Crippen LogP contribution in [0.25, 0.3) is 11.3 Å². The van der Waals surface area contributed by atoms with Gasteiger partial charge >= 0.3 is 0 Å². The lowest BCUT2D eigenvalue weighted by atomic mass is 10.0. The van der Waals surface area contributed by atoms with Crippen molar-refractivity contribution >= 4 is 6.21 Å². The van der Waals surface area contributed by atoms with E-state index in [9.17, 15) is 5.11 Å². The van der Waals surface area contributed by atoms with Crippen molar-refractivity contribution in [3.05, 3.63) is 35.9 Å². The van der Waals surface area contributed by atoms with Crippen molar-refractivity contribution in [3.8, 4) is 22.9 Å². The third-order valence-electron chi connectivity index (χ3n) is 5.43. The highest BCUT2D eigenvalue weighted by atomic mass is 16.5. The second kappa shape index (κ2) is 6.70. The van der Waals surface area contributed by atoms with E-state index in [0.29, 0.717) is 29.2 Å². The fourth-order valence-corrected chi connectivity index (χ4v) is 4.11. The van der Waals surface area contributed by atoms with Crippen molar-refractivity contribution in [1.82, 2.24) is 15.5 Å². The Hall–Kier alpha value is -2.87. The van der Waals surface area contributed by atoms with E-state index in [1.54, 1.807) is 18.3 Å². The highest BCUT2D eigenvalue weighted by Crippen LogP contribution is 2.33. The van der Waals surface area contributed by atoms with Crippen LogP contribution in [0, 0.1) is 0 Å². The quantitative estimate of drug-likeness (QED) is 0.868. The van der Waals surface area contributed by atoms with Gasteiger partial charge in [-0.3, -0.25) is 0 Å². The summed E-state index contributed by atoms with van der Waals surface area (Å²) in [6.45, 7) is 0. The number of nitrogens with zero attached hydrogens (tertiary/aromatic N) is 5. The van der Waals surface area contributed by atoms with Crippen molar-refractivity contribution in [1.29, 1.82) is 0 Å². The predicted molar refractivity (Wildman–Crippen MR) is 98.8 cm³/mol. The highest BCUT2D eigenvalue weighted by molar-refractivity contribution is 5.72. The molecule has 0 saturated carbocycles. The van der Waals surface area contributed by atoms with Crippen molar-refractivity contribution in [3.63, 3.8) is 0 Å². The predicted octanol–water partition coefficient (Wildman–Crippen LogP) is 3.00. The zero-order valence-corrected chi connectivity index (χ0v) is 14.7. The fourth-order valence-electron chi connectivity index (χ4n) is 4.11. The molecule has 5 rings (SSSR count). The van der Waals surface area contributed by atoms with Crippen LogP contribution in [0.3, 0.4) is 0 Å². The molecule has 4 heterocycles. The first-order valence-corrected chi connectivity index (χ1v) is 9.27. The van der Waals surface area contributed by atoms with Gasteiger partial charge < -0.3 is 15.2 Å². The molecule has 0 radical (unpaired) electrons. The summed E-state index contributed by atoms with van der Waals surface area (Å²) < 4.78 is 6.03. The number of phenolic OH excluding ortho intramolecular Hbond substituents is 1. The molecule has 2 aromatic rings. The smallest absolute Gasteiger partial charge is 0.233 e. The van der Waals surface area contributed by atoms with Crippen molar-refractivity contribution in [2.24, 2.45) is 15.4 Å². The van der Waals surface area contributed by atoms with E-state index in [4.69, 9.17) is 4.74 Å². The summed E-state index contributed by atoms with van der Waals surface area (Å²) in [6, 6.07) is 9.89. The minimum absolute atomic E-state index is 0.126. The van der Waals surface area contributed by atoms with E-state index in [0.717, 1.165) is 18.4 Å². The van der Waals surface area contributed by atoms with Gasteiger partial charge in [0, 0.05) is 23.7 Å². The molecular weight excluding hydrogens is 344 g/mol. The lowest BCUT2D eigenvalue weighted by Gasteiger charge is -2.28. The summed E-state index contributed by atoms with van der Waals surface area (Å²) in [5, 5.41) is 33.7. The maximum Gasteiger partial charge on any atom is 0.233 e. The minimum atomic E-state index is -0.243. The van der Waals surface area contributed by atoms with Crippen LogP contribution >= 0.6 is 0 Å². The summed E-state index contributed by atoms with van der Waals surface area (Å²) in [4.78, 5) is 0. The standard InChI is InChI=1S/C19H20N6O2/c26-18-7-11(17-10-20-25-23-17)1-4-15(18)16-5-6-19(24-22-16)27-14-8-12-2-3-13(9-14)21-12/h1,4-7,10,12-14,17,21,26H,2-3,8-9H2. The Morgan fingerprint density at radius 1 is 1.04 bits per heavy atom. The number of hydrogen-bond acceptors (Lipinski definition) is 8. The second-order valence-corrected chi connectivity index (χ2v) is 7.30. The summed E-state index contributed by atoms with van der Waals surface area (Å²) in [7, 11) is 0. The maximum absolute atomic E-state index is 10.4. The molecule has 1 aromatic heterocycles. The third kappa shape index (κ3) is 3.28. The van der Waals surface area contributed by atoms with Crippen LogP contribution in [-0.4, -0.2) is 39.7 Å². The molecule has 0 spiro atoms. The zero-order valence-electron chi connectivity index (χ0n) is 14.7. The number of piperidine rings is 1. The van der Waals surface area contributed by atoms with E-state index < -0.39 is 0 Å². The SMILES string of the molecule is Oc1cc(C2C=NN=N2)ccc1-c1ccc(OC2CC3CCC(C2)N3)nn1. The van der Waals surface area contributed by atoms with Gasteiger partial charge in [0.1, 0.15) is 17.9 Å². The van der Waals surface area contributed by atoms with Gasteiger partial charge in [-0.15, -0.1) is 15.3 Å². The average Bonchev–Trinajstić information content (AvgIpc) is 3.32. The van der Waals surface area contributed by atoms with Crippen LogP contribution in [0.5, 0.6) is 11.6 Å². The first-order valence-electron chi connectivity index (χ1n) is 9.27. The highest BCUT2D eigenvalue weighted by Gasteiger charge is 2.34. The van der Waals surface area contributed by atoms with Crippen LogP contribution in [0.15, 0.2) is 45.8 Å². The molecule has 2 fully saturated rings. The number of ether oxygens (including phenoxy) is 1. The Morgan fingerprint density at radius 2 is 1.89 bits per heavy atom. The lowest BCUT2D eigenvalue weighted by molar-refractivity contribution is 0.130. The zero-order chi connectivity index (χ0) is 18.2. The number of aromatic hydroxyl groups is 1. The molecule has 3 unspecified atom stereocenters. The Kier molecular flexibility index (Phi) is 4.05. The minimum Gasteiger partial charge on any atom is -0.507 e. The molecule has 3 atom stereocenters. The third-order valence-corrected chi connectivity index (χ3v) is 5.43. The van der Waals surface area contributed by atoms with E-state index in [-0.39, 0.29) is 17.9 Å². The first kappa shape index (κ1) is 16.3. The first-order chi connectivity index (χ1) is 13.2. The van der Waals surface area contributed by atoms with E-state index in [1.807, 2.05) is 18.2 Å². The number of nitrogens with one attached hydrogen (secondary N) is 1. The Balaban J connectivity index is 1.30. The summed E-state index contributed by atoms with van der Waals surface area (Å²) >= 11 is 0. The van der Waals surface area contributed by atoms with Crippen LogP contribution in [0.1, 0.15) is 37.3 Å². The van der Waals surface area contributed by atoms with E-state index in [2.05, 4.69) is 31.0 Å². The Bertz CT molecular complexity index is 874. The summed E-state index contributed by atoms with van der Waals surface area (Å²) in [5.74, 6) is 0.657. The van der Waals surface area contributed by atoms with Crippen LogP contribution in [-0.2, 0) is 0 Å². The largest absolute Gasteiger partial charge is 0.507 e.